The van der Waals surface area contributed by atoms with E-state index in [-0.39, 0.29) is 22.3 Å². The lowest BCUT2D eigenvalue weighted by molar-refractivity contribution is 0.0729. The fourth-order valence-electron chi connectivity index (χ4n) is 2.20. The standard InChI is InChI=1S/C15H13Cl2N3O/c16-13-6-11(7-14(17)19-13)15(21)20(12-3-4-12)9-10-2-1-5-18-8-10/h1-2,5-8,12H,3-4,9H2. The Morgan fingerprint density at radius 3 is 2.57 bits per heavy atom. The molecule has 0 spiro atoms. The minimum Gasteiger partial charge on any atom is -0.331 e. The molecule has 1 aliphatic carbocycles. The summed E-state index contributed by atoms with van der Waals surface area (Å²) in [5, 5.41) is 0.450. The highest BCUT2D eigenvalue weighted by molar-refractivity contribution is 6.33. The van der Waals surface area contributed by atoms with Crippen LogP contribution in [0.25, 0.3) is 0 Å². The van der Waals surface area contributed by atoms with Gasteiger partial charge in [-0.05, 0) is 36.6 Å². The zero-order valence-corrected chi connectivity index (χ0v) is 12.7. The summed E-state index contributed by atoms with van der Waals surface area (Å²) >= 11 is 11.8. The van der Waals surface area contributed by atoms with Gasteiger partial charge >= 0.3 is 0 Å². The SMILES string of the molecule is O=C(c1cc(Cl)nc(Cl)c1)N(Cc1cccnc1)C1CC1. The summed E-state index contributed by atoms with van der Waals surface area (Å²) in [6, 6.07) is 7.21. The Labute approximate surface area is 132 Å². The molecule has 0 unspecified atom stereocenters. The van der Waals surface area contributed by atoms with Crippen molar-refractivity contribution in [3.8, 4) is 0 Å². The fourth-order valence-corrected chi connectivity index (χ4v) is 2.66. The van der Waals surface area contributed by atoms with Crippen LogP contribution in [0.15, 0.2) is 36.7 Å². The Balaban J connectivity index is 1.85. The normalized spacial score (nSPS) is 14.0. The number of hydrogen-bond donors (Lipinski definition) is 0. The van der Waals surface area contributed by atoms with Gasteiger partial charge in [0.2, 0.25) is 0 Å². The van der Waals surface area contributed by atoms with Gasteiger partial charge in [0.05, 0.1) is 0 Å². The minimum atomic E-state index is -0.0763. The highest BCUT2D eigenvalue weighted by Gasteiger charge is 2.33. The number of carbonyl (C=O) groups is 1. The summed E-state index contributed by atoms with van der Waals surface area (Å²) in [6.45, 7) is 0.537. The number of amides is 1. The zero-order chi connectivity index (χ0) is 14.8. The van der Waals surface area contributed by atoms with Gasteiger partial charge in [0.1, 0.15) is 10.3 Å². The van der Waals surface area contributed by atoms with Crippen molar-refractivity contribution in [2.75, 3.05) is 0 Å². The number of pyridine rings is 2. The molecule has 1 amide bonds. The van der Waals surface area contributed by atoms with Crippen molar-refractivity contribution >= 4 is 29.1 Å². The molecule has 3 rings (SSSR count). The van der Waals surface area contributed by atoms with E-state index in [1.165, 1.54) is 0 Å². The van der Waals surface area contributed by atoms with E-state index in [9.17, 15) is 4.79 Å². The van der Waals surface area contributed by atoms with E-state index in [0.717, 1.165) is 18.4 Å². The first-order valence-corrected chi connectivity index (χ1v) is 7.42. The first-order chi connectivity index (χ1) is 10.1. The van der Waals surface area contributed by atoms with Crippen LogP contribution in [-0.2, 0) is 6.54 Å². The third-order valence-corrected chi connectivity index (χ3v) is 3.72. The number of halogens is 2. The van der Waals surface area contributed by atoms with Crippen LogP contribution in [-0.4, -0.2) is 26.8 Å². The summed E-state index contributed by atoms with van der Waals surface area (Å²) in [7, 11) is 0. The number of nitrogens with zero attached hydrogens (tertiary/aromatic N) is 3. The van der Waals surface area contributed by atoms with Gasteiger partial charge in [0.15, 0.2) is 0 Å². The van der Waals surface area contributed by atoms with E-state index in [1.54, 1.807) is 24.5 Å². The van der Waals surface area contributed by atoms with Gasteiger partial charge in [0.25, 0.3) is 5.91 Å². The van der Waals surface area contributed by atoms with Crippen LogP contribution in [0.4, 0.5) is 0 Å². The van der Waals surface area contributed by atoms with Crippen molar-refractivity contribution in [2.45, 2.75) is 25.4 Å². The molecule has 0 aliphatic heterocycles. The van der Waals surface area contributed by atoms with E-state index in [2.05, 4.69) is 9.97 Å². The molecule has 2 heterocycles. The molecular formula is C15H13Cl2N3O. The summed E-state index contributed by atoms with van der Waals surface area (Å²) < 4.78 is 0. The molecule has 108 valence electrons. The van der Waals surface area contributed by atoms with Crippen molar-refractivity contribution in [1.82, 2.24) is 14.9 Å². The first kappa shape index (κ1) is 14.3. The second kappa shape index (κ2) is 6.00. The van der Waals surface area contributed by atoms with Gasteiger partial charge < -0.3 is 4.90 Å². The maximum atomic E-state index is 12.7. The second-order valence-electron chi connectivity index (χ2n) is 5.03. The minimum absolute atomic E-state index is 0.0763. The molecule has 0 saturated heterocycles. The summed E-state index contributed by atoms with van der Waals surface area (Å²) in [4.78, 5) is 22.5. The average Bonchev–Trinajstić information content (AvgIpc) is 3.29. The number of hydrogen-bond acceptors (Lipinski definition) is 3. The Morgan fingerprint density at radius 1 is 1.29 bits per heavy atom. The molecule has 0 bridgehead atoms. The number of rotatable bonds is 4. The van der Waals surface area contributed by atoms with Gasteiger partial charge in [-0.15, -0.1) is 0 Å². The van der Waals surface area contributed by atoms with E-state index < -0.39 is 0 Å². The molecule has 0 atom stereocenters. The van der Waals surface area contributed by atoms with E-state index in [1.807, 2.05) is 17.0 Å². The molecule has 0 radical (unpaired) electrons. The summed E-state index contributed by atoms with van der Waals surface area (Å²) in [6.07, 6.45) is 5.54. The largest absolute Gasteiger partial charge is 0.331 e. The van der Waals surface area contributed by atoms with Crippen LogP contribution in [0.1, 0.15) is 28.8 Å². The van der Waals surface area contributed by atoms with Crippen LogP contribution < -0.4 is 0 Å². The molecule has 21 heavy (non-hydrogen) atoms. The maximum absolute atomic E-state index is 12.7. The van der Waals surface area contributed by atoms with Crippen LogP contribution in [0.5, 0.6) is 0 Å². The van der Waals surface area contributed by atoms with Gasteiger partial charge in [-0.25, -0.2) is 4.98 Å². The molecule has 1 aliphatic rings. The monoisotopic (exact) mass is 321 g/mol. The van der Waals surface area contributed by atoms with Crippen LogP contribution in [0, 0.1) is 0 Å². The number of aromatic nitrogens is 2. The molecule has 6 heteroatoms. The molecule has 2 aromatic rings. The van der Waals surface area contributed by atoms with Gasteiger partial charge in [-0.3, -0.25) is 9.78 Å². The van der Waals surface area contributed by atoms with E-state index in [4.69, 9.17) is 23.2 Å². The van der Waals surface area contributed by atoms with Gasteiger partial charge in [0, 0.05) is 30.5 Å². The van der Waals surface area contributed by atoms with Crippen molar-refractivity contribution in [3.63, 3.8) is 0 Å². The quantitative estimate of drug-likeness (QED) is 0.808. The maximum Gasteiger partial charge on any atom is 0.254 e. The molecule has 1 fully saturated rings. The molecule has 2 aromatic heterocycles. The highest BCUT2D eigenvalue weighted by atomic mass is 35.5. The molecule has 0 N–H and O–H groups in total. The predicted octanol–water partition coefficient (Wildman–Crippen LogP) is 3.59. The van der Waals surface area contributed by atoms with Crippen LogP contribution in [0.2, 0.25) is 10.3 Å². The first-order valence-electron chi connectivity index (χ1n) is 6.66. The van der Waals surface area contributed by atoms with Crippen molar-refractivity contribution in [2.24, 2.45) is 0 Å². The molecular weight excluding hydrogens is 309 g/mol. The average molecular weight is 322 g/mol. The Hall–Kier alpha value is -1.65. The van der Waals surface area contributed by atoms with E-state index in [0.29, 0.717) is 12.1 Å². The fraction of sp³-hybridized carbons (Fsp3) is 0.267. The highest BCUT2D eigenvalue weighted by Crippen LogP contribution is 2.30. The predicted molar refractivity (Wildman–Crippen MR) is 81.4 cm³/mol. The Bertz CT molecular complexity index is 639. The zero-order valence-electron chi connectivity index (χ0n) is 11.2. The smallest absolute Gasteiger partial charge is 0.254 e. The molecule has 4 nitrogen and oxygen atoms in total. The Kier molecular flexibility index (Phi) is 4.08. The lowest BCUT2D eigenvalue weighted by Gasteiger charge is -2.22. The number of carbonyl (C=O) groups excluding carboxylic acids is 1. The third-order valence-electron chi connectivity index (χ3n) is 3.33. The van der Waals surface area contributed by atoms with Crippen LogP contribution >= 0.6 is 23.2 Å². The lowest BCUT2D eigenvalue weighted by atomic mass is 10.2. The van der Waals surface area contributed by atoms with Gasteiger partial charge in [-0.2, -0.15) is 0 Å². The molecule has 1 saturated carbocycles. The lowest BCUT2D eigenvalue weighted by Crippen LogP contribution is -2.32. The van der Waals surface area contributed by atoms with Crippen molar-refractivity contribution in [3.05, 3.63) is 58.1 Å². The summed E-state index contributed by atoms with van der Waals surface area (Å²) in [5.74, 6) is -0.0763. The summed E-state index contributed by atoms with van der Waals surface area (Å²) in [5.41, 5.74) is 1.47. The van der Waals surface area contributed by atoms with Crippen molar-refractivity contribution < 1.29 is 4.79 Å². The second-order valence-corrected chi connectivity index (χ2v) is 5.80. The third kappa shape index (κ3) is 3.52. The van der Waals surface area contributed by atoms with Gasteiger partial charge in [-0.1, -0.05) is 29.3 Å². The van der Waals surface area contributed by atoms with Crippen LogP contribution in [0.3, 0.4) is 0 Å². The molecule has 0 aromatic carbocycles. The van der Waals surface area contributed by atoms with Crippen molar-refractivity contribution in [1.29, 1.82) is 0 Å². The topological polar surface area (TPSA) is 46.1 Å². The van der Waals surface area contributed by atoms with E-state index >= 15 is 0 Å². The Morgan fingerprint density at radius 2 is 2.00 bits per heavy atom.